The van der Waals surface area contributed by atoms with E-state index >= 15 is 0 Å². The molecule has 0 amide bonds. The fraction of sp³-hybridized carbons (Fsp3) is 0.909. The van der Waals surface area contributed by atoms with Crippen molar-refractivity contribution in [2.45, 2.75) is 97.1 Å². The van der Waals surface area contributed by atoms with Crippen molar-refractivity contribution in [1.82, 2.24) is 0 Å². The highest BCUT2D eigenvalue weighted by atomic mass is 16.5. The van der Waals surface area contributed by atoms with Crippen molar-refractivity contribution in [2.24, 2.45) is 11.8 Å². The summed E-state index contributed by atoms with van der Waals surface area (Å²) in [5.41, 5.74) is 1.33. The number of allylic oxidation sites excluding steroid dienone is 1. The third kappa shape index (κ3) is 13.6. The molecule has 0 aliphatic rings. The predicted molar refractivity (Wildman–Crippen MR) is 112 cm³/mol. The maximum absolute atomic E-state index is 9.76. The van der Waals surface area contributed by atoms with Crippen LogP contribution in [0, 0.1) is 11.8 Å². The molecule has 5 atom stereocenters. The van der Waals surface area contributed by atoms with Gasteiger partial charge < -0.3 is 30.3 Å². The second kappa shape index (κ2) is 16.3. The molecule has 0 aliphatic carbocycles. The lowest BCUT2D eigenvalue weighted by Gasteiger charge is -2.25. The van der Waals surface area contributed by atoms with Gasteiger partial charge in [-0.3, -0.25) is 0 Å². The maximum Gasteiger partial charge on any atom is 0.111 e. The van der Waals surface area contributed by atoms with E-state index in [0.29, 0.717) is 6.61 Å². The van der Waals surface area contributed by atoms with E-state index in [4.69, 9.17) is 9.84 Å². The SMILES string of the molecule is CC(=CCCOC[C@@H](O)[C@@H](O)[C@H](O)[C@H](O)CO)CCCC(C)CCCC(C)C. The van der Waals surface area contributed by atoms with Crippen LogP contribution in [0.25, 0.3) is 0 Å². The molecule has 1 unspecified atom stereocenters. The fourth-order valence-corrected chi connectivity index (χ4v) is 3.10. The summed E-state index contributed by atoms with van der Waals surface area (Å²) in [6.07, 6.45) is 4.35. The number of rotatable bonds is 17. The Morgan fingerprint density at radius 2 is 1.50 bits per heavy atom. The fourth-order valence-electron chi connectivity index (χ4n) is 3.10. The maximum atomic E-state index is 9.76. The summed E-state index contributed by atoms with van der Waals surface area (Å²) >= 11 is 0. The average molecular weight is 405 g/mol. The molecule has 6 heteroatoms. The van der Waals surface area contributed by atoms with Crippen LogP contribution in [0.1, 0.15) is 72.6 Å². The van der Waals surface area contributed by atoms with Crippen LogP contribution in [-0.4, -0.2) is 69.8 Å². The Bertz CT molecular complexity index is 398. The standard InChI is InChI=1S/C22H44O6/c1-16(2)8-5-9-17(3)10-6-11-18(4)12-7-13-28-15-20(25)22(27)21(26)19(24)14-23/h12,16-17,19-27H,5-11,13-15H2,1-4H3/t17?,19-,20-,21-,22-/m1/s1. The molecule has 0 saturated heterocycles. The Kier molecular flexibility index (Phi) is 16.0. The number of aliphatic hydroxyl groups excluding tert-OH is 5. The van der Waals surface area contributed by atoms with Crippen LogP contribution in [0.15, 0.2) is 11.6 Å². The lowest BCUT2D eigenvalue weighted by molar-refractivity contribution is -0.128. The van der Waals surface area contributed by atoms with E-state index in [0.717, 1.165) is 24.7 Å². The monoisotopic (exact) mass is 404 g/mol. The minimum absolute atomic E-state index is 0.142. The lowest BCUT2D eigenvalue weighted by Crippen LogP contribution is -2.47. The lowest BCUT2D eigenvalue weighted by atomic mass is 9.94. The summed E-state index contributed by atoms with van der Waals surface area (Å²) in [6.45, 7) is 8.58. The predicted octanol–water partition coefficient (Wildman–Crippen LogP) is 2.41. The van der Waals surface area contributed by atoms with Crippen molar-refractivity contribution >= 4 is 0 Å². The van der Waals surface area contributed by atoms with Crippen LogP contribution in [0.3, 0.4) is 0 Å². The molecule has 0 bridgehead atoms. The molecule has 0 aromatic heterocycles. The van der Waals surface area contributed by atoms with Gasteiger partial charge in [0.05, 0.1) is 19.8 Å². The molecule has 168 valence electrons. The van der Waals surface area contributed by atoms with Crippen molar-refractivity contribution in [1.29, 1.82) is 0 Å². The van der Waals surface area contributed by atoms with Crippen molar-refractivity contribution < 1.29 is 30.3 Å². The van der Waals surface area contributed by atoms with Gasteiger partial charge in [-0.2, -0.15) is 0 Å². The van der Waals surface area contributed by atoms with Gasteiger partial charge in [-0.05, 0) is 38.0 Å². The van der Waals surface area contributed by atoms with Gasteiger partial charge in [0.25, 0.3) is 0 Å². The first-order valence-electron chi connectivity index (χ1n) is 10.8. The topological polar surface area (TPSA) is 110 Å². The van der Waals surface area contributed by atoms with Crippen LogP contribution in [-0.2, 0) is 4.74 Å². The van der Waals surface area contributed by atoms with E-state index in [1.54, 1.807) is 0 Å². The highest BCUT2D eigenvalue weighted by Gasteiger charge is 2.29. The highest BCUT2D eigenvalue weighted by molar-refractivity contribution is 4.97. The molecule has 0 fully saturated rings. The molecule has 0 saturated carbocycles. The minimum Gasteiger partial charge on any atom is -0.394 e. The van der Waals surface area contributed by atoms with E-state index in [2.05, 4.69) is 33.8 Å². The Labute approximate surface area is 171 Å². The summed E-state index contributed by atoms with van der Waals surface area (Å²) in [6, 6.07) is 0. The smallest absolute Gasteiger partial charge is 0.111 e. The first-order chi connectivity index (χ1) is 13.2. The summed E-state index contributed by atoms with van der Waals surface area (Å²) in [4.78, 5) is 0. The van der Waals surface area contributed by atoms with Gasteiger partial charge >= 0.3 is 0 Å². The third-order valence-electron chi connectivity index (χ3n) is 5.12. The Morgan fingerprint density at radius 3 is 2.11 bits per heavy atom. The quantitative estimate of drug-likeness (QED) is 0.188. The van der Waals surface area contributed by atoms with Gasteiger partial charge in [-0.25, -0.2) is 0 Å². The van der Waals surface area contributed by atoms with Gasteiger partial charge in [0.2, 0.25) is 0 Å². The van der Waals surface area contributed by atoms with Crippen molar-refractivity contribution in [3.63, 3.8) is 0 Å². The average Bonchev–Trinajstić information content (AvgIpc) is 2.65. The van der Waals surface area contributed by atoms with Gasteiger partial charge in [0, 0.05) is 0 Å². The van der Waals surface area contributed by atoms with Gasteiger partial charge in [-0.1, -0.05) is 58.1 Å². The molecule has 5 N–H and O–H groups in total. The largest absolute Gasteiger partial charge is 0.394 e. The van der Waals surface area contributed by atoms with Crippen LogP contribution < -0.4 is 0 Å². The Morgan fingerprint density at radius 1 is 0.893 bits per heavy atom. The van der Waals surface area contributed by atoms with E-state index in [1.807, 2.05) is 0 Å². The molecule has 6 nitrogen and oxygen atoms in total. The van der Waals surface area contributed by atoms with Crippen molar-refractivity contribution in [3.8, 4) is 0 Å². The molecular weight excluding hydrogens is 360 g/mol. The molecule has 0 radical (unpaired) electrons. The van der Waals surface area contributed by atoms with Crippen molar-refractivity contribution in [3.05, 3.63) is 11.6 Å². The second-order valence-corrected chi connectivity index (χ2v) is 8.53. The molecule has 0 rings (SSSR count). The normalized spacial score (nSPS) is 18.1. The second-order valence-electron chi connectivity index (χ2n) is 8.53. The molecular formula is C22H44O6. The summed E-state index contributed by atoms with van der Waals surface area (Å²) in [7, 11) is 0. The van der Waals surface area contributed by atoms with Crippen LogP contribution >= 0.6 is 0 Å². The summed E-state index contributed by atoms with van der Waals surface area (Å²) in [5.74, 6) is 1.57. The zero-order valence-electron chi connectivity index (χ0n) is 18.3. The molecule has 0 aliphatic heterocycles. The van der Waals surface area contributed by atoms with Crippen LogP contribution in [0.5, 0.6) is 0 Å². The summed E-state index contributed by atoms with van der Waals surface area (Å²) < 4.78 is 5.33. The molecule has 28 heavy (non-hydrogen) atoms. The van der Waals surface area contributed by atoms with E-state index in [1.165, 1.54) is 37.7 Å². The van der Waals surface area contributed by atoms with E-state index in [-0.39, 0.29) is 6.61 Å². The van der Waals surface area contributed by atoms with E-state index < -0.39 is 31.0 Å². The van der Waals surface area contributed by atoms with Crippen LogP contribution in [0.4, 0.5) is 0 Å². The minimum atomic E-state index is -1.61. The van der Waals surface area contributed by atoms with Gasteiger partial charge in [-0.15, -0.1) is 0 Å². The molecule has 0 heterocycles. The number of hydrogen-bond acceptors (Lipinski definition) is 6. The number of aliphatic hydroxyl groups is 5. The zero-order chi connectivity index (χ0) is 21.5. The first kappa shape index (κ1) is 27.5. The Hall–Kier alpha value is -0.500. The van der Waals surface area contributed by atoms with Crippen LogP contribution in [0.2, 0.25) is 0 Å². The molecule has 0 aromatic rings. The Balaban J connectivity index is 3.83. The zero-order valence-corrected chi connectivity index (χ0v) is 18.3. The number of hydrogen-bond donors (Lipinski definition) is 5. The van der Waals surface area contributed by atoms with Crippen molar-refractivity contribution in [2.75, 3.05) is 19.8 Å². The molecule has 0 aromatic carbocycles. The highest BCUT2D eigenvalue weighted by Crippen LogP contribution is 2.19. The number of ether oxygens (including phenoxy) is 1. The third-order valence-corrected chi connectivity index (χ3v) is 5.12. The van der Waals surface area contributed by atoms with Gasteiger partial charge in [0.15, 0.2) is 0 Å². The van der Waals surface area contributed by atoms with E-state index in [9.17, 15) is 20.4 Å². The molecule has 0 spiro atoms. The first-order valence-corrected chi connectivity index (χ1v) is 10.8. The van der Waals surface area contributed by atoms with Gasteiger partial charge in [0.1, 0.15) is 24.4 Å². The summed E-state index contributed by atoms with van der Waals surface area (Å²) in [5, 5.41) is 47.0.